The van der Waals surface area contributed by atoms with Gasteiger partial charge in [-0.15, -0.1) is 0 Å². The zero-order chi connectivity index (χ0) is 17.3. The summed E-state index contributed by atoms with van der Waals surface area (Å²) in [5, 5.41) is -0.474. The van der Waals surface area contributed by atoms with Gasteiger partial charge in [0.15, 0.2) is 9.84 Å². The van der Waals surface area contributed by atoms with E-state index in [1.165, 1.54) is 6.26 Å². The van der Waals surface area contributed by atoms with Crippen LogP contribution in [0.25, 0.3) is 6.08 Å². The largest absolute Gasteiger partial charge is 0.488 e. The van der Waals surface area contributed by atoms with Gasteiger partial charge in [-0.3, -0.25) is 4.79 Å². The van der Waals surface area contributed by atoms with Gasteiger partial charge in [0.05, 0.1) is 10.8 Å². The van der Waals surface area contributed by atoms with Gasteiger partial charge in [0.1, 0.15) is 12.4 Å². The molecule has 0 bridgehead atoms. The summed E-state index contributed by atoms with van der Waals surface area (Å²) in [6.07, 6.45) is 6.32. The molecule has 5 nitrogen and oxygen atoms in total. The van der Waals surface area contributed by atoms with E-state index in [1.54, 1.807) is 11.9 Å². The minimum Gasteiger partial charge on any atom is -0.488 e. The Morgan fingerprint density at radius 1 is 1.21 bits per heavy atom. The molecule has 130 valence electrons. The van der Waals surface area contributed by atoms with E-state index in [1.807, 2.05) is 30.3 Å². The third-order valence-electron chi connectivity index (χ3n) is 4.94. The van der Waals surface area contributed by atoms with Gasteiger partial charge in [0, 0.05) is 24.9 Å². The van der Waals surface area contributed by atoms with Gasteiger partial charge in [0.25, 0.3) is 5.91 Å². The fourth-order valence-electron chi connectivity index (χ4n) is 3.64. The van der Waals surface area contributed by atoms with Crippen molar-refractivity contribution >= 4 is 21.8 Å². The van der Waals surface area contributed by atoms with Gasteiger partial charge in [-0.2, -0.15) is 0 Å². The first-order chi connectivity index (χ1) is 11.4. The number of hydrogen-bond acceptors (Lipinski definition) is 4. The van der Waals surface area contributed by atoms with Gasteiger partial charge >= 0.3 is 0 Å². The number of carbonyl (C=O) groups excluding carboxylic acids is 1. The van der Waals surface area contributed by atoms with Crippen LogP contribution in [0, 0.1) is 0 Å². The zero-order valence-corrected chi connectivity index (χ0v) is 14.9. The number of ether oxygens (including phenoxy) is 1. The molecule has 1 amide bonds. The molecule has 1 aliphatic carbocycles. The molecule has 24 heavy (non-hydrogen) atoms. The summed E-state index contributed by atoms with van der Waals surface area (Å²) in [6.45, 7) is 0.219. The predicted molar refractivity (Wildman–Crippen MR) is 93.6 cm³/mol. The highest BCUT2D eigenvalue weighted by Gasteiger charge is 2.37. The lowest BCUT2D eigenvalue weighted by molar-refractivity contribution is -0.128. The predicted octanol–water partition coefficient (Wildman–Crippen LogP) is 2.28. The Hall–Kier alpha value is -1.82. The smallest absolute Gasteiger partial charge is 0.253 e. The molecule has 0 aromatic heterocycles. The summed E-state index contributed by atoms with van der Waals surface area (Å²) in [6, 6.07) is 7.31. The third kappa shape index (κ3) is 3.34. The quantitative estimate of drug-likeness (QED) is 0.840. The number of hydrogen-bond donors (Lipinski definition) is 0. The van der Waals surface area contributed by atoms with Crippen molar-refractivity contribution in [3.63, 3.8) is 0 Å². The third-order valence-corrected chi connectivity index (χ3v) is 6.59. The molecule has 2 unspecified atom stereocenters. The maximum atomic E-state index is 12.9. The second kappa shape index (κ2) is 6.59. The molecule has 1 saturated carbocycles. The van der Waals surface area contributed by atoms with E-state index in [4.69, 9.17) is 4.74 Å². The van der Waals surface area contributed by atoms with Crippen molar-refractivity contribution in [3.05, 3.63) is 35.4 Å². The van der Waals surface area contributed by atoms with Crippen molar-refractivity contribution in [2.24, 2.45) is 0 Å². The highest BCUT2D eigenvalue weighted by atomic mass is 32.2. The number of benzene rings is 1. The van der Waals surface area contributed by atoms with E-state index < -0.39 is 15.1 Å². The molecule has 1 aliphatic heterocycles. The second-order valence-electron chi connectivity index (χ2n) is 6.63. The molecule has 1 aromatic carbocycles. The number of nitrogens with zero attached hydrogens (tertiary/aromatic N) is 1. The molecule has 2 aliphatic rings. The topological polar surface area (TPSA) is 63.7 Å². The Morgan fingerprint density at radius 3 is 2.67 bits per heavy atom. The molecular formula is C18H23NO4S. The van der Waals surface area contributed by atoms with Crippen LogP contribution in [0.15, 0.2) is 29.8 Å². The number of sulfone groups is 1. The van der Waals surface area contributed by atoms with Crippen LogP contribution in [-0.2, 0) is 14.6 Å². The lowest BCUT2D eigenvalue weighted by Crippen LogP contribution is -2.50. The summed E-state index contributed by atoms with van der Waals surface area (Å²) in [7, 11) is -1.47. The van der Waals surface area contributed by atoms with E-state index in [2.05, 4.69) is 0 Å². The summed E-state index contributed by atoms with van der Waals surface area (Å²) < 4.78 is 29.8. The molecule has 0 radical (unpaired) electrons. The first-order valence-electron chi connectivity index (χ1n) is 8.26. The lowest BCUT2D eigenvalue weighted by Gasteiger charge is -2.37. The number of rotatable bonds is 3. The van der Waals surface area contributed by atoms with Gasteiger partial charge < -0.3 is 9.64 Å². The Kier molecular flexibility index (Phi) is 4.67. The van der Waals surface area contributed by atoms with Crippen molar-refractivity contribution in [1.82, 2.24) is 4.90 Å². The average Bonchev–Trinajstić information content (AvgIpc) is 2.59. The van der Waals surface area contributed by atoms with Gasteiger partial charge in [-0.25, -0.2) is 8.42 Å². The van der Waals surface area contributed by atoms with Gasteiger partial charge in [-0.1, -0.05) is 31.0 Å². The first-order valence-corrected chi connectivity index (χ1v) is 10.2. The molecule has 1 heterocycles. The number of likely N-dealkylation sites (N-methyl/N-ethyl adjacent to an activating group) is 1. The monoisotopic (exact) mass is 349 g/mol. The highest BCUT2D eigenvalue weighted by molar-refractivity contribution is 7.91. The summed E-state index contributed by atoms with van der Waals surface area (Å²) in [5.41, 5.74) is 1.44. The SMILES string of the molecule is CN(C(=O)C1=Cc2ccccc2OC1)C1CCCCC1S(C)(=O)=O. The summed E-state index contributed by atoms with van der Waals surface area (Å²) in [4.78, 5) is 14.5. The van der Waals surface area contributed by atoms with Crippen LogP contribution >= 0.6 is 0 Å². The van der Waals surface area contributed by atoms with Crippen LogP contribution in [-0.4, -0.2) is 50.4 Å². The van der Waals surface area contributed by atoms with Crippen molar-refractivity contribution < 1.29 is 17.9 Å². The molecule has 0 saturated heterocycles. The van der Waals surface area contributed by atoms with Crippen molar-refractivity contribution in [3.8, 4) is 5.75 Å². The van der Waals surface area contributed by atoms with E-state index in [9.17, 15) is 13.2 Å². The summed E-state index contributed by atoms with van der Waals surface area (Å²) in [5.74, 6) is 0.619. The lowest BCUT2D eigenvalue weighted by atomic mass is 9.93. The fraction of sp³-hybridized carbons (Fsp3) is 0.500. The highest BCUT2D eigenvalue weighted by Crippen LogP contribution is 2.30. The molecule has 3 rings (SSSR count). The van der Waals surface area contributed by atoms with Crippen LogP contribution in [0.5, 0.6) is 5.75 Å². The van der Waals surface area contributed by atoms with E-state index in [-0.39, 0.29) is 18.6 Å². The standard InChI is InChI=1S/C18H23NO4S/c1-19(15-8-4-6-10-17(15)24(2,21)22)18(20)14-11-13-7-3-5-9-16(13)23-12-14/h3,5,7,9,11,15,17H,4,6,8,10,12H2,1-2H3. The van der Waals surface area contributed by atoms with Crippen LogP contribution in [0.2, 0.25) is 0 Å². The first kappa shape index (κ1) is 17.0. The Labute approximate surface area is 143 Å². The second-order valence-corrected chi connectivity index (χ2v) is 8.90. The summed E-state index contributed by atoms with van der Waals surface area (Å²) >= 11 is 0. The van der Waals surface area contributed by atoms with Crippen LogP contribution < -0.4 is 4.74 Å². The zero-order valence-electron chi connectivity index (χ0n) is 14.1. The molecule has 1 aromatic rings. The van der Waals surface area contributed by atoms with E-state index in [0.717, 1.165) is 30.6 Å². The van der Waals surface area contributed by atoms with Gasteiger partial charge in [0.2, 0.25) is 0 Å². The minimum absolute atomic E-state index is 0.148. The van der Waals surface area contributed by atoms with Crippen LogP contribution in [0.1, 0.15) is 31.2 Å². The molecule has 6 heteroatoms. The molecule has 1 fully saturated rings. The minimum atomic E-state index is -3.18. The van der Waals surface area contributed by atoms with E-state index in [0.29, 0.717) is 12.0 Å². The normalized spacial score (nSPS) is 23.7. The molecular weight excluding hydrogens is 326 g/mol. The molecule has 0 N–H and O–H groups in total. The number of carbonyl (C=O) groups is 1. The van der Waals surface area contributed by atoms with Crippen LogP contribution in [0.4, 0.5) is 0 Å². The Morgan fingerprint density at radius 2 is 1.92 bits per heavy atom. The van der Waals surface area contributed by atoms with E-state index >= 15 is 0 Å². The van der Waals surface area contributed by atoms with Crippen LogP contribution in [0.3, 0.4) is 0 Å². The number of amides is 1. The maximum Gasteiger partial charge on any atom is 0.253 e. The number of para-hydroxylation sites is 1. The van der Waals surface area contributed by atoms with Crippen molar-refractivity contribution in [2.75, 3.05) is 19.9 Å². The molecule has 0 spiro atoms. The fourth-order valence-corrected chi connectivity index (χ4v) is 5.12. The maximum absolute atomic E-state index is 12.9. The molecule has 2 atom stereocenters. The van der Waals surface area contributed by atoms with Crippen molar-refractivity contribution in [1.29, 1.82) is 0 Å². The Bertz CT molecular complexity index is 769. The average molecular weight is 349 g/mol. The van der Waals surface area contributed by atoms with Crippen molar-refractivity contribution in [2.45, 2.75) is 37.0 Å². The number of fused-ring (bicyclic) bond motifs is 1. The van der Waals surface area contributed by atoms with Gasteiger partial charge in [-0.05, 0) is 25.0 Å². The Balaban J connectivity index is 1.83.